The summed E-state index contributed by atoms with van der Waals surface area (Å²) in [5.74, 6) is 1.22. The molecule has 2 N–H and O–H groups in total. The third-order valence-electron chi connectivity index (χ3n) is 4.49. The van der Waals surface area contributed by atoms with Crippen LogP contribution in [-0.4, -0.2) is 13.4 Å². The molecular weight excluding hydrogens is 302 g/mol. The third kappa shape index (κ3) is 4.52. The predicted octanol–water partition coefficient (Wildman–Crippen LogP) is 5.39. The maximum Gasteiger partial charge on any atom is 0.250 e. The Hall–Kier alpha value is -1.94. The molecule has 4 heteroatoms. The molecule has 23 heavy (non-hydrogen) atoms. The summed E-state index contributed by atoms with van der Waals surface area (Å²) in [5.41, 5.74) is 1.87. The maximum atomic E-state index is 9.83. The quantitative estimate of drug-likeness (QED) is 0.723. The summed E-state index contributed by atoms with van der Waals surface area (Å²) in [5, 5.41) is 13.3. The van der Waals surface area contributed by atoms with E-state index in [9.17, 15) is 5.11 Å². The fraction of sp³-hybridized carbons (Fsp3) is 0.368. The van der Waals surface area contributed by atoms with Gasteiger partial charge in [0.05, 0.1) is 0 Å². The van der Waals surface area contributed by atoms with E-state index >= 15 is 0 Å². The van der Waals surface area contributed by atoms with Crippen LogP contribution in [0.5, 0.6) is 11.5 Å². The van der Waals surface area contributed by atoms with Gasteiger partial charge in [0.2, 0.25) is 8.32 Å². The molecule has 0 saturated heterocycles. The van der Waals surface area contributed by atoms with Crippen LogP contribution in [0.25, 0.3) is 0 Å². The number of phenols is 1. The molecule has 0 spiro atoms. The first-order valence-electron chi connectivity index (χ1n) is 7.99. The van der Waals surface area contributed by atoms with E-state index < -0.39 is 8.32 Å². The standard InChI is InChI=1S/C19H27NO2Si/c1-19(2,3)23(4,5)22-17-11-8-10-16(13-17)20-14-15-9-6-7-12-18(15)21/h6-13,20-21H,14H2,1-5H3. The molecule has 0 amide bonds. The molecule has 0 aliphatic heterocycles. The topological polar surface area (TPSA) is 41.5 Å². The number of nitrogens with one attached hydrogen (secondary N) is 1. The van der Waals surface area contributed by atoms with Crippen LogP contribution in [-0.2, 0) is 6.54 Å². The van der Waals surface area contributed by atoms with E-state index in [-0.39, 0.29) is 5.04 Å². The minimum absolute atomic E-state index is 0.173. The molecular formula is C19H27NO2Si. The molecule has 0 radical (unpaired) electrons. The summed E-state index contributed by atoms with van der Waals surface area (Å²) in [6.45, 7) is 11.8. The van der Waals surface area contributed by atoms with Crippen LogP contribution in [0.4, 0.5) is 5.69 Å². The highest BCUT2D eigenvalue weighted by Gasteiger charge is 2.38. The molecule has 0 saturated carbocycles. The van der Waals surface area contributed by atoms with E-state index in [4.69, 9.17) is 4.43 Å². The SMILES string of the molecule is CC(C)(C)[Si](C)(C)Oc1cccc(NCc2ccccc2O)c1. The lowest BCUT2D eigenvalue weighted by atomic mass is 10.2. The smallest absolute Gasteiger partial charge is 0.250 e. The molecule has 0 aromatic heterocycles. The molecule has 2 aromatic rings. The Bertz CT molecular complexity index is 662. The molecule has 124 valence electrons. The van der Waals surface area contributed by atoms with Crippen LogP contribution in [0.3, 0.4) is 0 Å². The van der Waals surface area contributed by atoms with Crippen molar-refractivity contribution in [1.29, 1.82) is 0 Å². The zero-order valence-electron chi connectivity index (χ0n) is 14.7. The van der Waals surface area contributed by atoms with E-state index in [1.54, 1.807) is 6.07 Å². The first-order valence-corrected chi connectivity index (χ1v) is 10.9. The number of hydrogen-bond acceptors (Lipinski definition) is 3. The monoisotopic (exact) mass is 329 g/mol. The summed E-state index contributed by atoms with van der Waals surface area (Å²) >= 11 is 0. The van der Waals surface area contributed by atoms with E-state index in [0.717, 1.165) is 17.0 Å². The van der Waals surface area contributed by atoms with Crippen molar-refractivity contribution in [2.24, 2.45) is 0 Å². The van der Waals surface area contributed by atoms with Crippen LogP contribution in [0.15, 0.2) is 48.5 Å². The van der Waals surface area contributed by atoms with Crippen molar-refractivity contribution in [3.8, 4) is 11.5 Å². The number of aromatic hydroxyl groups is 1. The Balaban J connectivity index is 2.07. The molecule has 0 fully saturated rings. The van der Waals surface area contributed by atoms with Gasteiger partial charge in [0, 0.05) is 23.9 Å². The maximum absolute atomic E-state index is 9.83. The molecule has 0 aliphatic rings. The number of benzene rings is 2. The highest BCUT2D eigenvalue weighted by Crippen LogP contribution is 2.37. The van der Waals surface area contributed by atoms with Gasteiger partial charge in [-0.2, -0.15) is 0 Å². The number of para-hydroxylation sites is 1. The van der Waals surface area contributed by atoms with Crippen LogP contribution in [0.1, 0.15) is 26.3 Å². The van der Waals surface area contributed by atoms with Crippen molar-refractivity contribution in [1.82, 2.24) is 0 Å². The predicted molar refractivity (Wildman–Crippen MR) is 99.7 cm³/mol. The molecule has 2 rings (SSSR count). The number of rotatable bonds is 5. The zero-order chi connectivity index (χ0) is 17.1. The first kappa shape index (κ1) is 17.4. The summed E-state index contributed by atoms with van der Waals surface area (Å²) in [6, 6.07) is 15.4. The molecule has 0 unspecified atom stereocenters. The fourth-order valence-corrected chi connectivity index (χ4v) is 3.00. The normalized spacial score (nSPS) is 12.0. The average Bonchev–Trinajstić information content (AvgIpc) is 2.45. The van der Waals surface area contributed by atoms with Gasteiger partial charge in [-0.1, -0.05) is 45.0 Å². The van der Waals surface area contributed by atoms with Gasteiger partial charge in [-0.05, 0) is 36.3 Å². The van der Waals surface area contributed by atoms with E-state index in [2.05, 4.69) is 39.2 Å². The second-order valence-corrected chi connectivity index (χ2v) is 12.1. The highest BCUT2D eigenvalue weighted by atomic mass is 28.4. The lowest BCUT2D eigenvalue weighted by Gasteiger charge is -2.36. The van der Waals surface area contributed by atoms with Gasteiger partial charge < -0.3 is 14.8 Å². The van der Waals surface area contributed by atoms with Gasteiger partial charge in [-0.3, -0.25) is 0 Å². The Morgan fingerprint density at radius 1 is 1.04 bits per heavy atom. The minimum Gasteiger partial charge on any atom is -0.543 e. The van der Waals surface area contributed by atoms with Crippen molar-refractivity contribution in [2.45, 2.75) is 45.4 Å². The van der Waals surface area contributed by atoms with Gasteiger partial charge in [0.1, 0.15) is 11.5 Å². The summed E-state index contributed by atoms with van der Waals surface area (Å²) in [7, 11) is -1.83. The zero-order valence-corrected chi connectivity index (χ0v) is 15.7. The van der Waals surface area contributed by atoms with E-state index in [1.165, 1.54) is 0 Å². The first-order chi connectivity index (χ1) is 10.7. The Morgan fingerprint density at radius 3 is 2.39 bits per heavy atom. The molecule has 0 heterocycles. The van der Waals surface area contributed by atoms with Crippen LogP contribution < -0.4 is 9.74 Å². The number of phenolic OH excluding ortho intramolecular Hbond substituents is 1. The molecule has 2 aromatic carbocycles. The largest absolute Gasteiger partial charge is 0.543 e. The minimum atomic E-state index is -1.83. The van der Waals surface area contributed by atoms with Crippen LogP contribution in [0, 0.1) is 0 Å². The van der Waals surface area contributed by atoms with Gasteiger partial charge in [0.15, 0.2) is 0 Å². The highest BCUT2D eigenvalue weighted by molar-refractivity contribution is 6.74. The Kier molecular flexibility index (Phi) is 5.05. The molecule has 3 nitrogen and oxygen atoms in total. The fourth-order valence-electron chi connectivity index (χ4n) is 1.97. The van der Waals surface area contributed by atoms with Crippen molar-refractivity contribution in [2.75, 3.05) is 5.32 Å². The second kappa shape index (κ2) is 6.67. The third-order valence-corrected chi connectivity index (χ3v) is 8.85. The molecule has 0 aliphatic carbocycles. The number of hydrogen-bond donors (Lipinski definition) is 2. The van der Waals surface area contributed by atoms with Crippen molar-refractivity contribution >= 4 is 14.0 Å². The van der Waals surface area contributed by atoms with Crippen molar-refractivity contribution < 1.29 is 9.53 Å². The lowest BCUT2D eigenvalue weighted by Crippen LogP contribution is -2.43. The molecule has 0 bridgehead atoms. The van der Waals surface area contributed by atoms with E-state index in [1.807, 2.05) is 42.5 Å². The lowest BCUT2D eigenvalue weighted by molar-refractivity contribution is 0.469. The molecule has 0 atom stereocenters. The van der Waals surface area contributed by atoms with Crippen molar-refractivity contribution in [3.05, 3.63) is 54.1 Å². The van der Waals surface area contributed by atoms with Gasteiger partial charge >= 0.3 is 0 Å². The van der Waals surface area contributed by atoms with Crippen LogP contribution >= 0.6 is 0 Å². The summed E-state index contributed by atoms with van der Waals surface area (Å²) in [4.78, 5) is 0. The Morgan fingerprint density at radius 2 is 1.74 bits per heavy atom. The second-order valence-electron chi connectivity index (χ2n) is 7.37. The van der Waals surface area contributed by atoms with E-state index in [0.29, 0.717) is 12.3 Å². The van der Waals surface area contributed by atoms with Crippen LogP contribution in [0.2, 0.25) is 18.1 Å². The van der Waals surface area contributed by atoms with Crippen molar-refractivity contribution in [3.63, 3.8) is 0 Å². The van der Waals surface area contributed by atoms with Gasteiger partial charge in [-0.15, -0.1) is 0 Å². The Labute approximate surface area is 140 Å². The summed E-state index contributed by atoms with van der Waals surface area (Å²) < 4.78 is 6.33. The summed E-state index contributed by atoms with van der Waals surface area (Å²) in [6.07, 6.45) is 0. The average molecular weight is 330 g/mol. The van der Waals surface area contributed by atoms with Gasteiger partial charge in [-0.25, -0.2) is 0 Å². The van der Waals surface area contributed by atoms with Gasteiger partial charge in [0.25, 0.3) is 0 Å². The number of anilines is 1.